The van der Waals surface area contributed by atoms with Crippen LogP contribution in [-0.2, 0) is 14.3 Å². The zero-order chi connectivity index (χ0) is 25.7. The van der Waals surface area contributed by atoms with Gasteiger partial charge in [0.2, 0.25) is 5.91 Å². The average molecular weight is 485 g/mol. The van der Waals surface area contributed by atoms with Gasteiger partial charge in [-0.15, -0.1) is 0 Å². The van der Waals surface area contributed by atoms with Crippen LogP contribution in [0, 0.1) is 0 Å². The summed E-state index contributed by atoms with van der Waals surface area (Å²) in [5, 5.41) is 9.38. The van der Waals surface area contributed by atoms with Crippen LogP contribution >= 0.6 is 0 Å². The Morgan fingerprint density at radius 2 is 1.61 bits per heavy atom. The van der Waals surface area contributed by atoms with Gasteiger partial charge in [-0.1, -0.05) is 36.4 Å². The number of fused-ring (bicyclic) bond motifs is 1. The van der Waals surface area contributed by atoms with Gasteiger partial charge in [0, 0.05) is 31.0 Å². The number of benzene rings is 3. The van der Waals surface area contributed by atoms with Crippen molar-refractivity contribution in [2.75, 3.05) is 43.2 Å². The number of hydrogen-bond donors (Lipinski definition) is 3. The van der Waals surface area contributed by atoms with E-state index in [1.54, 1.807) is 39.2 Å². The van der Waals surface area contributed by atoms with E-state index < -0.39 is 5.97 Å². The van der Waals surface area contributed by atoms with Crippen LogP contribution in [-0.4, -0.2) is 49.9 Å². The Hall–Kier alpha value is -4.59. The van der Waals surface area contributed by atoms with Crippen LogP contribution in [0.1, 0.15) is 28.4 Å². The first-order chi connectivity index (χ1) is 17.4. The molecule has 36 heavy (non-hydrogen) atoms. The SMILES string of the molecule is CCOC(=O)c1ccc2c(c1)NC(=O)C2=C(Nc1ccc(NCC(=O)N(C)C)cc1)c1ccccc1. The maximum absolute atomic E-state index is 13.1. The van der Waals surface area contributed by atoms with Crippen LogP contribution in [0.4, 0.5) is 17.1 Å². The summed E-state index contributed by atoms with van der Waals surface area (Å²) in [6, 6.07) is 22.1. The second-order valence-electron chi connectivity index (χ2n) is 8.40. The van der Waals surface area contributed by atoms with Gasteiger partial charge in [0.1, 0.15) is 0 Å². The van der Waals surface area contributed by atoms with Crippen LogP contribution in [0.15, 0.2) is 72.8 Å². The van der Waals surface area contributed by atoms with Crippen LogP contribution in [0.25, 0.3) is 11.3 Å². The van der Waals surface area contributed by atoms with Gasteiger partial charge in [0.05, 0.1) is 35.7 Å². The lowest BCUT2D eigenvalue weighted by molar-refractivity contribution is -0.126. The molecule has 1 heterocycles. The van der Waals surface area contributed by atoms with Crippen molar-refractivity contribution < 1.29 is 19.1 Å². The minimum atomic E-state index is -0.436. The molecule has 184 valence electrons. The highest BCUT2D eigenvalue weighted by molar-refractivity contribution is 6.37. The average Bonchev–Trinajstić information content (AvgIpc) is 3.21. The highest BCUT2D eigenvalue weighted by atomic mass is 16.5. The molecule has 1 aliphatic heterocycles. The Morgan fingerprint density at radius 1 is 0.917 bits per heavy atom. The quantitative estimate of drug-likeness (QED) is 0.326. The predicted molar refractivity (Wildman–Crippen MR) is 142 cm³/mol. The zero-order valence-electron chi connectivity index (χ0n) is 20.4. The molecule has 8 heteroatoms. The number of nitrogens with one attached hydrogen (secondary N) is 3. The van der Waals surface area contributed by atoms with Crippen molar-refractivity contribution in [1.29, 1.82) is 0 Å². The van der Waals surface area contributed by atoms with E-state index in [9.17, 15) is 14.4 Å². The number of amides is 2. The van der Waals surface area contributed by atoms with Crippen LogP contribution in [0.3, 0.4) is 0 Å². The Morgan fingerprint density at radius 3 is 2.28 bits per heavy atom. The number of rotatable bonds is 8. The smallest absolute Gasteiger partial charge is 0.338 e. The number of esters is 1. The Labute approximate surface area is 210 Å². The summed E-state index contributed by atoms with van der Waals surface area (Å²) in [6.07, 6.45) is 0. The summed E-state index contributed by atoms with van der Waals surface area (Å²) in [5.41, 5.74) is 5.16. The van der Waals surface area contributed by atoms with Crippen molar-refractivity contribution >= 4 is 46.1 Å². The molecule has 3 aromatic rings. The molecule has 0 saturated carbocycles. The number of nitrogens with zero attached hydrogens (tertiary/aromatic N) is 1. The number of hydrogen-bond acceptors (Lipinski definition) is 6. The van der Waals surface area contributed by atoms with Crippen molar-refractivity contribution in [3.05, 3.63) is 89.5 Å². The van der Waals surface area contributed by atoms with Gasteiger partial charge in [-0.3, -0.25) is 9.59 Å². The van der Waals surface area contributed by atoms with Crippen LogP contribution in [0.5, 0.6) is 0 Å². The van der Waals surface area contributed by atoms with Gasteiger partial charge in [-0.2, -0.15) is 0 Å². The lowest BCUT2D eigenvalue weighted by Crippen LogP contribution is -2.28. The third-order valence-electron chi connectivity index (χ3n) is 5.68. The molecule has 0 unspecified atom stereocenters. The number of likely N-dealkylation sites (N-methyl/N-ethyl adjacent to an activating group) is 1. The molecule has 0 aromatic heterocycles. The molecule has 8 nitrogen and oxygen atoms in total. The summed E-state index contributed by atoms with van der Waals surface area (Å²) in [4.78, 5) is 38.7. The monoisotopic (exact) mass is 484 g/mol. The van der Waals surface area contributed by atoms with Crippen molar-refractivity contribution in [3.63, 3.8) is 0 Å². The molecule has 2 amide bonds. The summed E-state index contributed by atoms with van der Waals surface area (Å²) in [5.74, 6) is -0.725. The van der Waals surface area contributed by atoms with Crippen LogP contribution in [0.2, 0.25) is 0 Å². The molecule has 0 bridgehead atoms. The lowest BCUT2D eigenvalue weighted by atomic mass is 9.99. The Balaban J connectivity index is 1.67. The maximum atomic E-state index is 13.1. The minimum absolute atomic E-state index is 0.0228. The number of anilines is 3. The normalized spacial score (nSPS) is 13.4. The molecule has 1 aliphatic rings. The molecule has 0 fully saturated rings. The van der Waals surface area contributed by atoms with E-state index in [0.717, 1.165) is 16.9 Å². The zero-order valence-corrected chi connectivity index (χ0v) is 20.4. The lowest BCUT2D eigenvalue weighted by Gasteiger charge is -2.16. The first kappa shape index (κ1) is 24.5. The fraction of sp³-hybridized carbons (Fsp3) is 0.179. The predicted octanol–water partition coefficient (Wildman–Crippen LogP) is 4.30. The molecule has 0 spiro atoms. The van der Waals surface area contributed by atoms with Crippen molar-refractivity contribution in [3.8, 4) is 0 Å². The second-order valence-corrected chi connectivity index (χ2v) is 8.40. The third-order valence-corrected chi connectivity index (χ3v) is 5.68. The van der Waals surface area contributed by atoms with E-state index in [-0.39, 0.29) is 25.0 Å². The molecule has 0 saturated heterocycles. The molecule has 4 rings (SSSR count). The van der Waals surface area contributed by atoms with Gasteiger partial charge in [0.15, 0.2) is 0 Å². The minimum Gasteiger partial charge on any atom is -0.462 e. The first-order valence-corrected chi connectivity index (χ1v) is 11.6. The first-order valence-electron chi connectivity index (χ1n) is 11.6. The van der Waals surface area contributed by atoms with Gasteiger partial charge in [-0.05, 0) is 48.9 Å². The molecule has 0 radical (unpaired) electrons. The van der Waals surface area contributed by atoms with Crippen molar-refractivity contribution in [2.24, 2.45) is 0 Å². The van der Waals surface area contributed by atoms with Crippen molar-refractivity contribution in [1.82, 2.24) is 4.90 Å². The molecular weight excluding hydrogens is 456 g/mol. The fourth-order valence-electron chi connectivity index (χ4n) is 3.80. The van der Waals surface area contributed by atoms with E-state index in [2.05, 4.69) is 16.0 Å². The van der Waals surface area contributed by atoms with Crippen LogP contribution < -0.4 is 16.0 Å². The summed E-state index contributed by atoms with van der Waals surface area (Å²) in [7, 11) is 3.43. The highest BCUT2D eigenvalue weighted by Gasteiger charge is 2.29. The molecule has 3 N–H and O–H groups in total. The fourth-order valence-corrected chi connectivity index (χ4v) is 3.80. The van der Waals surface area contributed by atoms with Crippen molar-refractivity contribution in [2.45, 2.75) is 6.92 Å². The van der Waals surface area contributed by atoms with Gasteiger partial charge in [0.25, 0.3) is 5.91 Å². The Bertz CT molecular complexity index is 1320. The molecule has 3 aromatic carbocycles. The van der Waals surface area contributed by atoms with E-state index in [1.807, 2.05) is 54.6 Å². The van der Waals surface area contributed by atoms with Gasteiger partial charge < -0.3 is 25.6 Å². The van der Waals surface area contributed by atoms with Gasteiger partial charge in [-0.25, -0.2) is 4.79 Å². The molecule has 0 aliphatic carbocycles. The number of carbonyl (C=O) groups excluding carboxylic acids is 3. The largest absolute Gasteiger partial charge is 0.462 e. The Kier molecular flexibility index (Phi) is 7.34. The summed E-state index contributed by atoms with van der Waals surface area (Å²) in [6.45, 7) is 2.22. The summed E-state index contributed by atoms with van der Waals surface area (Å²) < 4.78 is 5.09. The maximum Gasteiger partial charge on any atom is 0.338 e. The van der Waals surface area contributed by atoms with Gasteiger partial charge >= 0.3 is 5.97 Å². The summed E-state index contributed by atoms with van der Waals surface area (Å²) >= 11 is 0. The van der Waals surface area contributed by atoms with E-state index in [0.29, 0.717) is 28.1 Å². The number of carbonyl (C=O) groups is 3. The third kappa shape index (κ3) is 5.38. The van der Waals surface area contributed by atoms with E-state index >= 15 is 0 Å². The highest BCUT2D eigenvalue weighted by Crippen LogP contribution is 2.38. The second kappa shape index (κ2) is 10.8. The molecular formula is C28H28N4O4. The standard InChI is InChI=1S/C28H28N4O4/c1-4-36-28(35)19-10-15-22-23(16-19)31-27(34)25(22)26(18-8-6-5-7-9-18)30-21-13-11-20(12-14-21)29-17-24(33)32(2)3/h5-16,29-30H,4,17H2,1-3H3,(H,31,34). The molecule has 0 atom stereocenters. The topological polar surface area (TPSA) is 99.8 Å². The number of ether oxygens (including phenoxy) is 1. The van der Waals surface area contributed by atoms with E-state index in [1.165, 1.54) is 4.90 Å². The van der Waals surface area contributed by atoms with E-state index in [4.69, 9.17) is 4.74 Å².